The summed E-state index contributed by atoms with van der Waals surface area (Å²) in [5, 5.41) is 7.62. The number of benzene rings is 8. The van der Waals surface area contributed by atoms with Crippen molar-refractivity contribution >= 4 is 60.4 Å². The first kappa shape index (κ1) is 35.3. The lowest BCUT2D eigenvalue weighted by molar-refractivity contribution is 0.590. The van der Waals surface area contributed by atoms with Gasteiger partial charge in [0, 0.05) is 38.3 Å². The SMILES string of the molecule is CC(C)(C)c1ccc2c(c1)c1cc(C(C)(C)C)ccc1n2-c1ccc2c(c1)C(C)(C)c1cc(N(c3ccccc3)c3cccc4ccccc34)c3ccccc3c1-2. The summed E-state index contributed by atoms with van der Waals surface area (Å²) in [7, 11) is 0. The summed E-state index contributed by atoms with van der Waals surface area (Å²) in [6.45, 7) is 18.7. The minimum absolute atomic E-state index is 0.0545. The molecule has 0 amide bonds. The lowest BCUT2D eigenvalue weighted by Gasteiger charge is -2.30. The van der Waals surface area contributed by atoms with E-state index in [0.29, 0.717) is 0 Å². The highest BCUT2D eigenvalue weighted by molar-refractivity contribution is 6.13. The molecule has 0 bridgehead atoms. The smallest absolute Gasteiger partial charge is 0.0543 e. The number of para-hydroxylation sites is 1. The van der Waals surface area contributed by atoms with Crippen molar-refractivity contribution in [2.24, 2.45) is 0 Å². The molecular weight excluding hydrogens is 689 g/mol. The van der Waals surface area contributed by atoms with Crippen molar-refractivity contribution in [1.29, 1.82) is 0 Å². The molecule has 1 aliphatic rings. The molecule has 280 valence electrons. The van der Waals surface area contributed by atoms with Crippen molar-refractivity contribution in [2.75, 3.05) is 4.90 Å². The summed E-state index contributed by atoms with van der Waals surface area (Å²) in [6.07, 6.45) is 0. The summed E-state index contributed by atoms with van der Waals surface area (Å²) >= 11 is 0. The fraction of sp³-hybridized carbons (Fsp3) is 0.200. The van der Waals surface area contributed by atoms with Gasteiger partial charge in [-0.3, -0.25) is 0 Å². The summed E-state index contributed by atoms with van der Waals surface area (Å²) < 4.78 is 2.50. The average molecular weight is 739 g/mol. The molecule has 1 heterocycles. The number of nitrogens with zero attached hydrogens (tertiary/aromatic N) is 2. The van der Waals surface area contributed by atoms with Gasteiger partial charge in [0.2, 0.25) is 0 Å². The van der Waals surface area contributed by atoms with Crippen molar-refractivity contribution in [3.8, 4) is 16.8 Å². The lowest BCUT2D eigenvalue weighted by Crippen LogP contribution is -2.17. The van der Waals surface area contributed by atoms with Gasteiger partial charge in [0.15, 0.2) is 0 Å². The zero-order valence-electron chi connectivity index (χ0n) is 34.4. The minimum atomic E-state index is -0.252. The molecule has 1 aliphatic carbocycles. The molecule has 8 aromatic carbocycles. The summed E-state index contributed by atoms with van der Waals surface area (Å²) in [5.41, 5.74) is 15.2. The molecule has 10 rings (SSSR count). The first-order chi connectivity index (χ1) is 27.3. The molecule has 0 spiro atoms. The van der Waals surface area contributed by atoms with Crippen molar-refractivity contribution in [3.05, 3.63) is 180 Å². The Morgan fingerprint density at radius 3 is 1.68 bits per heavy atom. The molecule has 2 nitrogen and oxygen atoms in total. The second-order valence-electron chi connectivity index (χ2n) is 18.7. The van der Waals surface area contributed by atoms with Crippen LogP contribution in [0.4, 0.5) is 17.1 Å². The Hall–Kier alpha value is -6.12. The molecule has 0 unspecified atom stereocenters. The molecule has 0 saturated carbocycles. The zero-order valence-corrected chi connectivity index (χ0v) is 34.4. The largest absolute Gasteiger partial charge is 0.309 e. The van der Waals surface area contributed by atoms with Crippen molar-refractivity contribution in [2.45, 2.75) is 71.6 Å². The summed E-state index contributed by atoms with van der Waals surface area (Å²) in [4.78, 5) is 2.48. The fourth-order valence-corrected chi connectivity index (χ4v) is 9.50. The maximum atomic E-state index is 2.50. The van der Waals surface area contributed by atoms with Crippen LogP contribution in [-0.4, -0.2) is 4.57 Å². The van der Waals surface area contributed by atoms with E-state index < -0.39 is 0 Å². The molecule has 2 heteroatoms. The van der Waals surface area contributed by atoms with Gasteiger partial charge in [-0.05, 0) is 116 Å². The Labute approximate surface area is 337 Å². The maximum Gasteiger partial charge on any atom is 0.0543 e. The van der Waals surface area contributed by atoms with Crippen molar-refractivity contribution in [1.82, 2.24) is 4.57 Å². The second-order valence-corrected chi connectivity index (χ2v) is 18.7. The molecule has 9 aromatic rings. The topological polar surface area (TPSA) is 8.17 Å². The maximum absolute atomic E-state index is 2.50. The van der Waals surface area contributed by atoms with Gasteiger partial charge >= 0.3 is 0 Å². The van der Waals surface area contributed by atoms with Crippen LogP contribution in [-0.2, 0) is 16.2 Å². The van der Waals surface area contributed by atoms with Gasteiger partial charge in [-0.1, -0.05) is 152 Å². The number of anilines is 3. The van der Waals surface area contributed by atoms with E-state index in [9.17, 15) is 0 Å². The van der Waals surface area contributed by atoms with Crippen molar-refractivity contribution in [3.63, 3.8) is 0 Å². The number of hydrogen-bond donors (Lipinski definition) is 0. The van der Waals surface area contributed by atoms with Crippen molar-refractivity contribution < 1.29 is 0 Å². The van der Waals surface area contributed by atoms with Gasteiger partial charge in [-0.2, -0.15) is 0 Å². The van der Waals surface area contributed by atoms with E-state index in [1.807, 2.05) is 0 Å². The van der Waals surface area contributed by atoms with Crippen LogP contribution in [0.2, 0.25) is 0 Å². The third-order valence-electron chi connectivity index (χ3n) is 12.7. The number of rotatable bonds is 4. The van der Waals surface area contributed by atoms with Gasteiger partial charge < -0.3 is 9.47 Å². The number of aromatic nitrogens is 1. The van der Waals surface area contributed by atoms with E-state index in [4.69, 9.17) is 0 Å². The molecule has 0 atom stereocenters. The molecule has 0 N–H and O–H groups in total. The van der Waals surface area contributed by atoms with Gasteiger partial charge in [0.25, 0.3) is 0 Å². The number of hydrogen-bond acceptors (Lipinski definition) is 1. The Bertz CT molecular complexity index is 2980. The highest BCUT2D eigenvalue weighted by Crippen LogP contribution is 2.55. The van der Waals surface area contributed by atoms with Gasteiger partial charge in [0.05, 0.1) is 22.4 Å². The van der Waals surface area contributed by atoms with Crippen LogP contribution in [0.3, 0.4) is 0 Å². The molecular formula is C55H50N2. The Balaban J connectivity index is 1.20. The standard InChI is InChI=1S/C55H50N2/c1-53(2,3)36-25-29-49-44(31-36)45-32-37(54(4,5)6)26-30-50(45)57(49)39-27-28-43-46(33-39)55(7,8)47-34-51(41-22-14-15-23-42(41)52(43)47)56(38-19-10-9-11-20-38)48-24-16-18-35-17-12-13-21-40(35)48/h9-34H,1-8H3. The van der Waals surface area contributed by atoms with E-state index in [2.05, 4.69) is 223 Å². The van der Waals surface area contributed by atoms with E-state index in [1.54, 1.807) is 0 Å². The zero-order chi connectivity index (χ0) is 39.4. The molecule has 0 aliphatic heterocycles. The third-order valence-corrected chi connectivity index (χ3v) is 12.7. The van der Waals surface area contributed by atoms with E-state index in [-0.39, 0.29) is 16.2 Å². The van der Waals surface area contributed by atoms with Crippen LogP contribution in [0.15, 0.2) is 158 Å². The van der Waals surface area contributed by atoms with Crippen LogP contribution >= 0.6 is 0 Å². The van der Waals surface area contributed by atoms with Crippen LogP contribution in [0.5, 0.6) is 0 Å². The summed E-state index contributed by atoms with van der Waals surface area (Å²) in [5.74, 6) is 0. The quantitative estimate of drug-likeness (QED) is 0.175. The highest BCUT2D eigenvalue weighted by Gasteiger charge is 2.38. The molecule has 57 heavy (non-hydrogen) atoms. The fourth-order valence-electron chi connectivity index (χ4n) is 9.50. The van der Waals surface area contributed by atoms with Gasteiger partial charge in [-0.15, -0.1) is 0 Å². The Kier molecular flexibility index (Phi) is 7.70. The van der Waals surface area contributed by atoms with Crippen LogP contribution in [0.1, 0.15) is 77.6 Å². The van der Waals surface area contributed by atoms with E-state index in [1.165, 1.54) is 93.8 Å². The minimum Gasteiger partial charge on any atom is -0.309 e. The van der Waals surface area contributed by atoms with E-state index >= 15 is 0 Å². The third kappa shape index (κ3) is 5.45. The molecule has 0 radical (unpaired) electrons. The predicted molar refractivity (Wildman–Crippen MR) is 245 cm³/mol. The Morgan fingerprint density at radius 1 is 0.456 bits per heavy atom. The predicted octanol–water partition coefficient (Wildman–Crippen LogP) is 15.5. The van der Waals surface area contributed by atoms with Crippen LogP contribution in [0, 0.1) is 0 Å². The number of fused-ring (bicyclic) bond motifs is 9. The van der Waals surface area contributed by atoms with Crippen LogP contribution in [0.25, 0.3) is 60.2 Å². The molecule has 0 fully saturated rings. The summed E-state index contributed by atoms with van der Waals surface area (Å²) in [6, 6.07) is 59.3. The van der Waals surface area contributed by atoms with Gasteiger partial charge in [0.1, 0.15) is 0 Å². The average Bonchev–Trinajstić information content (AvgIpc) is 3.65. The van der Waals surface area contributed by atoms with E-state index in [0.717, 1.165) is 5.69 Å². The highest BCUT2D eigenvalue weighted by atomic mass is 15.1. The lowest BCUT2D eigenvalue weighted by atomic mass is 9.81. The Morgan fingerprint density at radius 2 is 1.04 bits per heavy atom. The molecule has 1 aromatic heterocycles. The first-order valence-corrected chi connectivity index (χ1v) is 20.4. The monoisotopic (exact) mass is 738 g/mol. The first-order valence-electron chi connectivity index (χ1n) is 20.4. The molecule has 0 saturated heterocycles. The normalized spacial score (nSPS) is 13.8. The second kappa shape index (κ2) is 12.4. The van der Waals surface area contributed by atoms with Crippen LogP contribution < -0.4 is 4.90 Å². The van der Waals surface area contributed by atoms with Gasteiger partial charge in [-0.25, -0.2) is 0 Å².